The second-order valence-electron chi connectivity index (χ2n) is 23.3. The molecule has 2 atom stereocenters. The van der Waals surface area contributed by atoms with Gasteiger partial charge in [-0.05, 0) is 135 Å². The van der Waals surface area contributed by atoms with Gasteiger partial charge in [0.1, 0.15) is 6.61 Å². The SMILES string of the molecule is CC/C=C\C/C=C\C/C=C\C/C=C\C/C=C\C/C=C\C/C=C\C/C=C\C/C=C\CCCCCC(=O)OC(COC(=O)CCCCCCCCCCCCCCCCCCCCCC/C=C\C/C=C\C/C=C\C/C=C\C/C=C\C/C=C\CC)COP(=O)(O)OCCN. The lowest BCUT2D eigenvalue weighted by atomic mass is 10.0. The molecule has 0 aliphatic rings. The molecular weight excluding hydrogens is 1150 g/mol. The molecule has 0 aromatic heterocycles. The molecule has 0 aliphatic heterocycles. The first-order chi connectivity index (χ1) is 44.8. The number of rotatable bonds is 66. The highest BCUT2D eigenvalue weighted by atomic mass is 31.2. The second kappa shape index (κ2) is 74.2. The Labute approximate surface area is 558 Å². The highest BCUT2D eigenvalue weighted by molar-refractivity contribution is 7.47. The van der Waals surface area contributed by atoms with E-state index >= 15 is 0 Å². The summed E-state index contributed by atoms with van der Waals surface area (Å²) in [7, 11) is -4.42. The normalized spacial score (nSPS) is 14.0. The number of carbonyl (C=O) groups is 2. The molecule has 0 amide bonds. The summed E-state index contributed by atoms with van der Waals surface area (Å²) in [6.07, 6.45) is 111. The Balaban J connectivity index is 3.94. The van der Waals surface area contributed by atoms with E-state index < -0.39 is 32.5 Å². The fourth-order valence-corrected chi connectivity index (χ4v) is 10.3. The lowest BCUT2D eigenvalue weighted by molar-refractivity contribution is -0.161. The van der Waals surface area contributed by atoms with Crippen molar-refractivity contribution in [2.75, 3.05) is 26.4 Å². The molecule has 91 heavy (non-hydrogen) atoms. The van der Waals surface area contributed by atoms with E-state index in [1.807, 2.05) is 0 Å². The van der Waals surface area contributed by atoms with Crippen LogP contribution in [0.15, 0.2) is 182 Å². The molecule has 0 saturated carbocycles. The molecule has 0 saturated heterocycles. The Hall–Kier alpha value is -4.89. The van der Waals surface area contributed by atoms with Crippen molar-refractivity contribution in [2.45, 2.75) is 290 Å². The van der Waals surface area contributed by atoms with Crippen LogP contribution in [0, 0.1) is 0 Å². The van der Waals surface area contributed by atoms with E-state index in [1.165, 1.54) is 116 Å². The molecule has 0 radical (unpaired) electrons. The fourth-order valence-electron chi connectivity index (χ4n) is 9.52. The molecule has 10 heteroatoms. The number of carbonyl (C=O) groups excluding carboxylic acids is 2. The number of phosphoric acid groups is 1. The highest BCUT2D eigenvalue weighted by Gasteiger charge is 2.26. The summed E-state index contributed by atoms with van der Waals surface area (Å²) in [5.74, 6) is -0.871. The maximum Gasteiger partial charge on any atom is 0.472 e. The van der Waals surface area contributed by atoms with Gasteiger partial charge in [-0.25, -0.2) is 4.57 Å². The maximum atomic E-state index is 12.8. The predicted molar refractivity (Wildman–Crippen MR) is 394 cm³/mol. The van der Waals surface area contributed by atoms with E-state index in [4.69, 9.17) is 24.3 Å². The number of esters is 2. The van der Waals surface area contributed by atoms with Gasteiger partial charge in [0.25, 0.3) is 0 Å². The van der Waals surface area contributed by atoms with E-state index in [1.54, 1.807) is 0 Å². The Morgan fingerprint density at radius 3 is 0.857 bits per heavy atom. The van der Waals surface area contributed by atoms with E-state index in [9.17, 15) is 19.0 Å². The van der Waals surface area contributed by atoms with Gasteiger partial charge < -0.3 is 20.1 Å². The molecule has 0 aromatic carbocycles. The molecule has 0 aromatic rings. The van der Waals surface area contributed by atoms with Crippen molar-refractivity contribution in [3.8, 4) is 0 Å². The quantitative estimate of drug-likeness (QED) is 0.0264. The van der Waals surface area contributed by atoms with Crippen LogP contribution in [0.25, 0.3) is 0 Å². The van der Waals surface area contributed by atoms with Gasteiger partial charge in [0.05, 0.1) is 13.2 Å². The number of allylic oxidation sites excluding steroid dienone is 30. The molecule has 0 heterocycles. The minimum atomic E-state index is -4.42. The lowest BCUT2D eigenvalue weighted by Crippen LogP contribution is -2.29. The molecule has 3 N–H and O–H groups in total. The molecule has 9 nitrogen and oxygen atoms in total. The first-order valence-electron chi connectivity index (χ1n) is 36.3. The average molecular weight is 1280 g/mol. The summed E-state index contributed by atoms with van der Waals surface area (Å²) in [6, 6.07) is 0. The zero-order valence-corrected chi connectivity index (χ0v) is 58.6. The molecule has 0 fully saturated rings. The molecule has 0 rings (SSSR count). The zero-order valence-electron chi connectivity index (χ0n) is 57.8. The summed E-state index contributed by atoms with van der Waals surface area (Å²) in [5.41, 5.74) is 5.40. The number of unbranched alkanes of at least 4 members (excludes halogenated alkanes) is 23. The van der Waals surface area contributed by atoms with Crippen LogP contribution in [0.4, 0.5) is 0 Å². The molecule has 2 unspecified atom stereocenters. The van der Waals surface area contributed by atoms with Crippen LogP contribution in [0.2, 0.25) is 0 Å². The molecule has 0 aliphatic carbocycles. The van der Waals surface area contributed by atoms with Crippen LogP contribution in [0.3, 0.4) is 0 Å². The number of phosphoric ester groups is 1. The molecule has 0 spiro atoms. The van der Waals surface area contributed by atoms with Crippen molar-refractivity contribution < 1.29 is 37.6 Å². The number of ether oxygens (including phenoxy) is 2. The summed E-state index contributed by atoms with van der Waals surface area (Å²) >= 11 is 0. The first-order valence-corrected chi connectivity index (χ1v) is 37.8. The van der Waals surface area contributed by atoms with E-state index in [-0.39, 0.29) is 32.6 Å². The first kappa shape index (κ1) is 86.1. The van der Waals surface area contributed by atoms with Crippen LogP contribution < -0.4 is 5.73 Å². The van der Waals surface area contributed by atoms with Crippen molar-refractivity contribution in [1.82, 2.24) is 0 Å². The Kier molecular flexibility index (Phi) is 70.2. The average Bonchev–Trinajstić information content (AvgIpc) is 3.71. The van der Waals surface area contributed by atoms with Crippen LogP contribution in [0.1, 0.15) is 284 Å². The number of nitrogens with two attached hydrogens (primary N) is 1. The second-order valence-corrected chi connectivity index (χ2v) is 24.8. The monoisotopic (exact) mass is 1280 g/mol. The van der Waals surface area contributed by atoms with E-state index in [0.717, 1.165) is 135 Å². The summed E-state index contributed by atoms with van der Waals surface area (Å²) < 4.78 is 33.2. The van der Waals surface area contributed by atoms with Crippen molar-refractivity contribution in [3.63, 3.8) is 0 Å². The smallest absolute Gasteiger partial charge is 0.462 e. The predicted octanol–water partition coefficient (Wildman–Crippen LogP) is 24.3. The van der Waals surface area contributed by atoms with Gasteiger partial charge in [0.2, 0.25) is 0 Å². The van der Waals surface area contributed by atoms with Gasteiger partial charge in [0.15, 0.2) is 6.10 Å². The van der Waals surface area contributed by atoms with Gasteiger partial charge >= 0.3 is 19.8 Å². The fraction of sp³-hybridized carbons (Fsp3) is 0.605. The summed E-state index contributed by atoms with van der Waals surface area (Å²) in [6.45, 7) is 3.48. The van der Waals surface area contributed by atoms with Crippen molar-refractivity contribution in [1.29, 1.82) is 0 Å². The van der Waals surface area contributed by atoms with Gasteiger partial charge in [-0.3, -0.25) is 18.6 Å². The van der Waals surface area contributed by atoms with Gasteiger partial charge in [0, 0.05) is 19.4 Å². The summed E-state index contributed by atoms with van der Waals surface area (Å²) in [5, 5.41) is 0. The largest absolute Gasteiger partial charge is 0.472 e. The number of hydrogen-bond donors (Lipinski definition) is 2. The van der Waals surface area contributed by atoms with Crippen molar-refractivity contribution >= 4 is 19.8 Å². The molecule has 0 bridgehead atoms. The third-order valence-electron chi connectivity index (χ3n) is 14.8. The molecule has 514 valence electrons. The standard InChI is InChI=1S/C81H132NO8P/c1-3-5-7-9-11-13-15-17-19-21-23-25-27-29-31-33-35-36-37-38-39-40-41-42-44-45-47-49-51-53-55-57-59-61-63-65-67-69-71-73-80(83)87-77-79(78-89-91(85,86)88-76-75-82)90-81(84)74-72-70-68-66-64-62-60-58-56-54-52-50-48-46-43-34-32-30-28-26-24-22-20-18-16-14-12-10-8-6-4-2/h5-8,11-14,17-20,23-26,29-32,35-36,43,46,50,52,56,58,62,64,79H,3-4,9-10,15-16,21-22,27-28,33-34,37-42,44-45,47-49,51,53-55,57,59-61,63,65-78,82H2,1-2H3,(H,85,86)/b7-5-,8-6-,13-11-,14-12-,19-17-,20-18-,25-23-,26-24-,31-29-,32-30-,36-35-,46-43-,52-50-,58-56-,64-62-. The van der Waals surface area contributed by atoms with E-state index in [2.05, 4.69) is 196 Å². The maximum absolute atomic E-state index is 12.8. The molecular formula is C81H132NO8P. The summed E-state index contributed by atoms with van der Waals surface area (Å²) in [4.78, 5) is 35.4. The highest BCUT2D eigenvalue weighted by Crippen LogP contribution is 2.43. The van der Waals surface area contributed by atoms with Crippen LogP contribution >= 0.6 is 7.82 Å². The van der Waals surface area contributed by atoms with Gasteiger partial charge in [-0.1, -0.05) is 318 Å². The Morgan fingerprint density at radius 1 is 0.330 bits per heavy atom. The minimum Gasteiger partial charge on any atom is -0.462 e. The number of hydrogen-bond acceptors (Lipinski definition) is 8. The minimum absolute atomic E-state index is 0.0396. The lowest BCUT2D eigenvalue weighted by Gasteiger charge is -2.19. The Morgan fingerprint density at radius 2 is 0.571 bits per heavy atom. The van der Waals surface area contributed by atoms with Gasteiger partial charge in [-0.15, -0.1) is 0 Å². The Bertz CT molecular complexity index is 2150. The van der Waals surface area contributed by atoms with Crippen molar-refractivity contribution in [3.05, 3.63) is 182 Å². The third kappa shape index (κ3) is 74.0. The topological polar surface area (TPSA) is 134 Å². The van der Waals surface area contributed by atoms with Crippen LogP contribution in [0.5, 0.6) is 0 Å². The zero-order chi connectivity index (χ0) is 65.8. The van der Waals surface area contributed by atoms with Crippen LogP contribution in [-0.2, 0) is 32.7 Å². The third-order valence-corrected chi connectivity index (χ3v) is 15.8. The van der Waals surface area contributed by atoms with Crippen LogP contribution in [-0.4, -0.2) is 49.3 Å². The van der Waals surface area contributed by atoms with Gasteiger partial charge in [-0.2, -0.15) is 0 Å². The van der Waals surface area contributed by atoms with Crippen molar-refractivity contribution in [2.24, 2.45) is 5.73 Å². The van der Waals surface area contributed by atoms with E-state index in [0.29, 0.717) is 6.42 Å².